The van der Waals surface area contributed by atoms with Crippen molar-refractivity contribution in [3.8, 4) is 0 Å². The number of fused-ring (bicyclic) bond motifs is 5. The van der Waals surface area contributed by atoms with Gasteiger partial charge in [0.25, 0.3) is 0 Å². The minimum atomic E-state index is -0.408. The fraction of sp³-hybridized carbons (Fsp3) is 0.895. The van der Waals surface area contributed by atoms with Gasteiger partial charge in [0.05, 0.1) is 12.0 Å². The van der Waals surface area contributed by atoms with Gasteiger partial charge in [0.2, 0.25) is 0 Å². The first-order valence-electron chi connectivity index (χ1n) is 9.17. The summed E-state index contributed by atoms with van der Waals surface area (Å²) in [5.74, 6) is 3.01. The fourth-order valence-corrected chi connectivity index (χ4v) is 6.92. The Morgan fingerprint density at radius 3 is 2.64 bits per heavy atom. The highest BCUT2D eigenvalue weighted by Crippen LogP contribution is 2.65. The van der Waals surface area contributed by atoms with Crippen LogP contribution < -0.4 is 0 Å². The van der Waals surface area contributed by atoms with E-state index in [0.29, 0.717) is 47.1 Å². The maximum absolute atomic E-state index is 12.4. The molecule has 4 rings (SSSR count). The van der Waals surface area contributed by atoms with E-state index in [2.05, 4.69) is 6.92 Å². The number of carbonyl (C=O) groups excluding carboxylic acids is 2. The third-order valence-corrected chi connectivity index (χ3v) is 8.21. The molecular weight excluding hydrogens is 276 g/mol. The first-order chi connectivity index (χ1) is 10.5. The summed E-state index contributed by atoms with van der Waals surface area (Å²) < 4.78 is 0. The molecule has 0 saturated heterocycles. The Morgan fingerprint density at radius 2 is 1.86 bits per heavy atom. The maximum Gasteiger partial charge on any atom is 0.141 e. The smallest absolute Gasteiger partial charge is 0.141 e. The predicted molar refractivity (Wildman–Crippen MR) is 83.2 cm³/mol. The van der Waals surface area contributed by atoms with E-state index in [1.807, 2.05) is 0 Å². The minimum Gasteiger partial charge on any atom is -0.395 e. The van der Waals surface area contributed by atoms with Crippen molar-refractivity contribution < 1.29 is 14.7 Å². The third-order valence-electron chi connectivity index (χ3n) is 8.21. The van der Waals surface area contributed by atoms with Gasteiger partial charge in [0.1, 0.15) is 11.6 Å². The molecule has 4 aliphatic rings. The van der Waals surface area contributed by atoms with Gasteiger partial charge < -0.3 is 5.11 Å². The van der Waals surface area contributed by atoms with Gasteiger partial charge in [-0.2, -0.15) is 0 Å². The highest BCUT2D eigenvalue weighted by molar-refractivity contribution is 5.87. The highest BCUT2D eigenvalue weighted by atomic mass is 16.3. The SMILES string of the molecule is C[C@]12CCC(=O)C[C@@H]1CC[C@H]1[C@@H]3CCC(=O)[C@@]3(CO)CC[C@@H]12. The Balaban J connectivity index is 1.66. The molecule has 1 N–H and O–H groups in total. The van der Waals surface area contributed by atoms with Crippen LogP contribution in [-0.4, -0.2) is 23.3 Å². The number of aliphatic hydroxyl groups excluding tert-OH is 1. The average Bonchev–Trinajstić information content (AvgIpc) is 2.86. The number of carbonyl (C=O) groups is 2. The molecule has 4 saturated carbocycles. The van der Waals surface area contributed by atoms with Gasteiger partial charge >= 0.3 is 0 Å². The summed E-state index contributed by atoms with van der Waals surface area (Å²) in [6, 6.07) is 0. The Labute approximate surface area is 132 Å². The van der Waals surface area contributed by atoms with Crippen molar-refractivity contribution >= 4 is 11.6 Å². The van der Waals surface area contributed by atoms with Crippen LogP contribution in [0.15, 0.2) is 0 Å². The molecule has 4 aliphatic carbocycles. The summed E-state index contributed by atoms with van der Waals surface area (Å²) in [6.45, 7) is 2.47. The second-order valence-electron chi connectivity index (χ2n) is 8.71. The lowest BCUT2D eigenvalue weighted by Crippen LogP contribution is -2.55. The van der Waals surface area contributed by atoms with Gasteiger partial charge in [-0.15, -0.1) is 0 Å². The molecule has 0 bridgehead atoms. The van der Waals surface area contributed by atoms with Crippen LogP contribution in [0.1, 0.15) is 64.7 Å². The van der Waals surface area contributed by atoms with Crippen molar-refractivity contribution in [3.63, 3.8) is 0 Å². The van der Waals surface area contributed by atoms with Crippen molar-refractivity contribution in [2.24, 2.45) is 34.5 Å². The lowest BCUT2D eigenvalue weighted by molar-refractivity contribution is -0.150. The number of hydrogen-bond donors (Lipinski definition) is 1. The van der Waals surface area contributed by atoms with Crippen LogP contribution in [0.2, 0.25) is 0 Å². The molecule has 0 spiro atoms. The molecule has 0 aromatic carbocycles. The molecule has 4 fully saturated rings. The molecule has 0 aromatic heterocycles. The van der Waals surface area contributed by atoms with Crippen molar-refractivity contribution in [1.29, 1.82) is 0 Å². The molecule has 122 valence electrons. The van der Waals surface area contributed by atoms with E-state index in [0.717, 1.165) is 51.4 Å². The maximum atomic E-state index is 12.4. The predicted octanol–water partition coefficient (Wildman–Crippen LogP) is 3.14. The van der Waals surface area contributed by atoms with E-state index >= 15 is 0 Å². The van der Waals surface area contributed by atoms with Crippen LogP contribution in [0, 0.1) is 34.5 Å². The van der Waals surface area contributed by atoms with Crippen LogP contribution in [0.5, 0.6) is 0 Å². The second kappa shape index (κ2) is 4.90. The molecule has 0 heterocycles. The van der Waals surface area contributed by atoms with Gasteiger partial charge in [-0.3, -0.25) is 9.59 Å². The molecular formula is C19H28O3. The number of aliphatic hydroxyl groups is 1. The first kappa shape index (κ1) is 14.9. The summed E-state index contributed by atoms with van der Waals surface area (Å²) in [6.07, 6.45) is 8.52. The van der Waals surface area contributed by atoms with Gasteiger partial charge in [-0.05, 0) is 67.6 Å². The summed E-state index contributed by atoms with van der Waals surface area (Å²) in [7, 11) is 0. The van der Waals surface area contributed by atoms with Gasteiger partial charge in [0.15, 0.2) is 0 Å². The zero-order valence-electron chi connectivity index (χ0n) is 13.6. The standard InChI is InChI=1S/C19H28O3/c1-18-8-6-13(21)10-12(18)2-3-14-15(18)7-9-19(11-20)16(14)4-5-17(19)22/h12,14-16,20H,2-11H2,1H3/t12-,14+,15-,16-,18-,19+/m0/s1. The molecule has 3 nitrogen and oxygen atoms in total. The number of ketones is 2. The van der Waals surface area contributed by atoms with E-state index < -0.39 is 5.41 Å². The summed E-state index contributed by atoms with van der Waals surface area (Å²) >= 11 is 0. The summed E-state index contributed by atoms with van der Waals surface area (Å²) in [5, 5.41) is 9.98. The molecule has 22 heavy (non-hydrogen) atoms. The first-order valence-corrected chi connectivity index (χ1v) is 9.17. The van der Waals surface area contributed by atoms with Crippen LogP contribution in [0.3, 0.4) is 0 Å². The molecule has 6 atom stereocenters. The molecule has 0 amide bonds. The lowest BCUT2D eigenvalue weighted by atomic mass is 9.45. The monoisotopic (exact) mass is 304 g/mol. The quantitative estimate of drug-likeness (QED) is 0.809. The second-order valence-corrected chi connectivity index (χ2v) is 8.71. The van der Waals surface area contributed by atoms with Crippen molar-refractivity contribution in [1.82, 2.24) is 0 Å². The fourth-order valence-electron chi connectivity index (χ4n) is 6.92. The molecule has 0 radical (unpaired) electrons. The van der Waals surface area contributed by atoms with Crippen molar-refractivity contribution in [2.45, 2.75) is 64.7 Å². The molecule has 0 aliphatic heterocycles. The van der Waals surface area contributed by atoms with Crippen LogP contribution in [0.4, 0.5) is 0 Å². The number of Topliss-reactive ketones (excluding diaryl/α,β-unsaturated/α-hetero) is 2. The number of rotatable bonds is 1. The highest BCUT2D eigenvalue weighted by Gasteiger charge is 2.61. The van der Waals surface area contributed by atoms with Gasteiger partial charge in [0, 0.05) is 19.3 Å². The van der Waals surface area contributed by atoms with E-state index in [1.165, 1.54) is 0 Å². The summed E-state index contributed by atoms with van der Waals surface area (Å²) in [4.78, 5) is 24.3. The van der Waals surface area contributed by atoms with Crippen molar-refractivity contribution in [3.05, 3.63) is 0 Å². The molecule has 0 unspecified atom stereocenters. The molecule has 3 heteroatoms. The Bertz CT molecular complexity index is 513. The Morgan fingerprint density at radius 1 is 1.05 bits per heavy atom. The van der Waals surface area contributed by atoms with Gasteiger partial charge in [-0.25, -0.2) is 0 Å². The van der Waals surface area contributed by atoms with Crippen molar-refractivity contribution in [2.75, 3.05) is 6.61 Å². The third kappa shape index (κ3) is 1.78. The minimum absolute atomic E-state index is 0.0539. The normalized spacial score (nSPS) is 51.2. The Hall–Kier alpha value is -0.700. The van der Waals surface area contributed by atoms with E-state index in [4.69, 9.17) is 0 Å². The van der Waals surface area contributed by atoms with Crippen LogP contribution in [0.25, 0.3) is 0 Å². The topological polar surface area (TPSA) is 54.4 Å². The zero-order valence-corrected chi connectivity index (χ0v) is 13.6. The largest absolute Gasteiger partial charge is 0.395 e. The number of hydrogen-bond acceptors (Lipinski definition) is 3. The van der Waals surface area contributed by atoms with E-state index in [-0.39, 0.29) is 6.61 Å². The van der Waals surface area contributed by atoms with Gasteiger partial charge in [-0.1, -0.05) is 6.92 Å². The van der Waals surface area contributed by atoms with Crippen LogP contribution >= 0.6 is 0 Å². The van der Waals surface area contributed by atoms with Crippen LogP contribution in [-0.2, 0) is 9.59 Å². The molecule has 0 aromatic rings. The van der Waals surface area contributed by atoms with E-state index in [1.54, 1.807) is 0 Å². The Kier molecular flexibility index (Phi) is 3.31. The summed E-state index contributed by atoms with van der Waals surface area (Å²) in [5.41, 5.74) is -0.112. The zero-order chi connectivity index (χ0) is 15.5. The lowest BCUT2D eigenvalue weighted by Gasteiger charge is -2.59. The average molecular weight is 304 g/mol. The van der Waals surface area contributed by atoms with E-state index in [9.17, 15) is 14.7 Å².